The maximum absolute atomic E-state index is 11.0. The van der Waals surface area contributed by atoms with Gasteiger partial charge < -0.3 is 9.47 Å². The van der Waals surface area contributed by atoms with Crippen molar-refractivity contribution in [3.63, 3.8) is 0 Å². The van der Waals surface area contributed by atoms with E-state index in [9.17, 15) is 8.42 Å². The molecule has 0 aliphatic heterocycles. The third-order valence-corrected chi connectivity index (χ3v) is 6.00. The smallest absolute Gasteiger partial charge is 0.333 e. The first-order chi connectivity index (χ1) is 13.8. The van der Waals surface area contributed by atoms with Crippen LogP contribution in [0, 0.1) is 5.92 Å². The minimum absolute atomic E-state index is 0.115. The highest BCUT2D eigenvalue weighted by atomic mass is 32.2. The molecule has 2 aromatic heterocycles. The minimum Gasteiger partial charge on any atom is -0.355 e. The molecule has 2 atom stereocenters. The zero-order chi connectivity index (χ0) is 20.6. The monoisotopic (exact) mass is 416 g/mol. The second kappa shape index (κ2) is 7.69. The molecule has 4 rings (SSSR count). The van der Waals surface area contributed by atoms with Crippen LogP contribution in [0.15, 0.2) is 36.7 Å². The third-order valence-electron chi connectivity index (χ3n) is 5.53. The molecular weight excluding hydrogens is 392 g/mol. The maximum atomic E-state index is 11.0. The first-order valence-corrected chi connectivity index (χ1v) is 10.9. The Labute approximate surface area is 169 Å². The Hall–Kier alpha value is -2.56. The second-order valence-corrected chi connectivity index (χ2v) is 8.67. The van der Waals surface area contributed by atoms with E-state index < -0.39 is 10.3 Å². The Morgan fingerprint density at radius 3 is 2.72 bits per heavy atom. The maximum Gasteiger partial charge on any atom is 0.333 e. The Bertz CT molecular complexity index is 1120. The molecule has 10 heteroatoms. The van der Waals surface area contributed by atoms with Crippen LogP contribution in [-0.2, 0) is 21.5 Å². The van der Waals surface area contributed by atoms with Gasteiger partial charge in [0.1, 0.15) is 12.2 Å². The average Bonchev–Trinajstić information content (AvgIpc) is 3.31. The fraction of sp³-hybridized carbons (Fsp3) is 0.421. The lowest BCUT2D eigenvalue weighted by Crippen LogP contribution is -2.30. The molecule has 154 valence electrons. The van der Waals surface area contributed by atoms with E-state index in [1.165, 1.54) is 0 Å². The zero-order valence-electron chi connectivity index (χ0n) is 16.4. The van der Waals surface area contributed by atoms with Crippen molar-refractivity contribution >= 4 is 27.3 Å². The van der Waals surface area contributed by atoms with Gasteiger partial charge in [-0.2, -0.15) is 8.42 Å². The normalized spacial score (nSPS) is 19.7. The summed E-state index contributed by atoms with van der Waals surface area (Å²) in [6.45, 7) is 0.115. The predicted octanol–water partition coefficient (Wildman–Crippen LogP) is 1.86. The molecule has 0 saturated heterocycles. The van der Waals surface area contributed by atoms with E-state index in [0.717, 1.165) is 47.6 Å². The van der Waals surface area contributed by atoms with Crippen LogP contribution in [0.3, 0.4) is 0 Å². The fourth-order valence-electron chi connectivity index (χ4n) is 4.01. The van der Waals surface area contributed by atoms with Crippen LogP contribution in [0.25, 0.3) is 22.6 Å². The van der Waals surface area contributed by atoms with Gasteiger partial charge in [0.2, 0.25) is 0 Å². The van der Waals surface area contributed by atoms with Crippen molar-refractivity contribution in [2.24, 2.45) is 18.1 Å². The van der Waals surface area contributed by atoms with Gasteiger partial charge in [0.05, 0.1) is 6.61 Å². The Morgan fingerprint density at radius 2 is 2.00 bits per heavy atom. The van der Waals surface area contributed by atoms with E-state index in [4.69, 9.17) is 14.3 Å². The van der Waals surface area contributed by atoms with Gasteiger partial charge in [-0.3, -0.25) is 4.18 Å². The molecule has 9 nitrogen and oxygen atoms in total. The summed E-state index contributed by atoms with van der Waals surface area (Å²) < 4.78 is 28.8. The van der Waals surface area contributed by atoms with Crippen LogP contribution in [0.4, 0.5) is 5.82 Å². The molecule has 0 unspecified atom stereocenters. The standard InChI is InChI=1S/C19H24N6O3S/c1-24(15-9-8-13(10-15)11-28-29(20,26)27)18-16-19(22-12-21-18)25(2)17(23-16)14-6-4-3-5-7-14/h3-7,12-13,15H,8-11H2,1-2H3,(H2,20,26,27)/t13-,15-/m0/s1. The number of hydrogen-bond acceptors (Lipinski definition) is 7. The first-order valence-electron chi connectivity index (χ1n) is 9.46. The van der Waals surface area contributed by atoms with Gasteiger partial charge in [-0.15, -0.1) is 0 Å². The molecule has 1 aromatic carbocycles. The molecule has 1 fully saturated rings. The number of fused-ring (bicyclic) bond motifs is 1. The Kier molecular flexibility index (Phi) is 5.24. The number of benzene rings is 1. The number of nitrogens with zero attached hydrogens (tertiary/aromatic N) is 5. The quantitative estimate of drug-likeness (QED) is 0.652. The van der Waals surface area contributed by atoms with Crippen molar-refractivity contribution in [1.29, 1.82) is 0 Å². The van der Waals surface area contributed by atoms with E-state index in [0.29, 0.717) is 0 Å². The van der Waals surface area contributed by atoms with E-state index in [1.54, 1.807) is 6.33 Å². The highest BCUT2D eigenvalue weighted by Gasteiger charge is 2.30. The fourth-order valence-corrected chi connectivity index (χ4v) is 4.39. The van der Waals surface area contributed by atoms with Gasteiger partial charge in [0.15, 0.2) is 17.0 Å². The highest BCUT2D eigenvalue weighted by Crippen LogP contribution is 2.34. The van der Waals surface area contributed by atoms with E-state index in [2.05, 4.69) is 14.9 Å². The lowest BCUT2D eigenvalue weighted by Gasteiger charge is -2.25. The summed E-state index contributed by atoms with van der Waals surface area (Å²) >= 11 is 0. The lowest BCUT2D eigenvalue weighted by atomic mass is 10.1. The van der Waals surface area contributed by atoms with Crippen LogP contribution < -0.4 is 10.0 Å². The summed E-state index contributed by atoms with van der Waals surface area (Å²) in [5.74, 6) is 1.74. The van der Waals surface area contributed by atoms with E-state index in [1.807, 2.05) is 49.0 Å². The SMILES string of the molecule is CN(c1ncnc2c1nc(-c1ccccc1)n2C)[C@H]1CC[C@H](COS(N)(=O)=O)C1. The van der Waals surface area contributed by atoms with Gasteiger partial charge in [-0.05, 0) is 25.2 Å². The van der Waals surface area contributed by atoms with Crippen molar-refractivity contribution in [2.75, 3.05) is 18.6 Å². The molecule has 29 heavy (non-hydrogen) atoms. The summed E-state index contributed by atoms with van der Waals surface area (Å²) in [4.78, 5) is 15.9. The number of hydrogen-bond donors (Lipinski definition) is 1. The van der Waals surface area contributed by atoms with Gasteiger partial charge in [0, 0.05) is 25.7 Å². The highest BCUT2D eigenvalue weighted by molar-refractivity contribution is 7.84. The molecule has 0 spiro atoms. The van der Waals surface area contributed by atoms with Crippen LogP contribution in [0.5, 0.6) is 0 Å². The van der Waals surface area contributed by atoms with Crippen LogP contribution >= 0.6 is 0 Å². The molecule has 1 aliphatic rings. The molecule has 0 bridgehead atoms. The summed E-state index contributed by atoms with van der Waals surface area (Å²) in [5, 5.41) is 4.94. The Morgan fingerprint density at radius 1 is 1.24 bits per heavy atom. The van der Waals surface area contributed by atoms with E-state index in [-0.39, 0.29) is 18.6 Å². The molecular formula is C19H24N6O3S. The summed E-state index contributed by atoms with van der Waals surface area (Å²) in [7, 11) is 0.0357. The molecule has 1 aliphatic carbocycles. The average molecular weight is 417 g/mol. The van der Waals surface area contributed by atoms with Crippen molar-refractivity contribution in [1.82, 2.24) is 19.5 Å². The minimum atomic E-state index is -3.91. The first kappa shape index (κ1) is 19.7. The van der Waals surface area contributed by atoms with Crippen molar-refractivity contribution in [3.8, 4) is 11.4 Å². The van der Waals surface area contributed by atoms with Gasteiger partial charge >= 0.3 is 10.3 Å². The number of anilines is 1. The predicted molar refractivity (Wildman–Crippen MR) is 110 cm³/mol. The van der Waals surface area contributed by atoms with Crippen molar-refractivity contribution < 1.29 is 12.6 Å². The van der Waals surface area contributed by atoms with Gasteiger partial charge in [0.25, 0.3) is 0 Å². The molecule has 0 amide bonds. The topological polar surface area (TPSA) is 116 Å². The summed E-state index contributed by atoms with van der Waals surface area (Å²) in [6.07, 6.45) is 4.15. The van der Waals surface area contributed by atoms with Crippen molar-refractivity contribution in [3.05, 3.63) is 36.7 Å². The number of nitrogens with two attached hydrogens (primary N) is 1. The number of aromatic nitrogens is 4. The molecule has 2 N–H and O–H groups in total. The molecule has 0 radical (unpaired) electrons. The number of aryl methyl sites for hydroxylation is 1. The number of imidazole rings is 1. The molecule has 1 saturated carbocycles. The van der Waals surface area contributed by atoms with Gasteiger partial charge in [-0.25, -0.2) is 20.1 Å². The largest absolute Gasteiger partial charge is 0.355 e. The van der Waals surface area contributed by atoms with Gasteiger partial charge in [-0.1, -0.05) is 30.3 Å². The molecule has 3 aromatic rings. The number of rotatable bonds is 6. The van der Waals surface area contributed by atoms with Crippen LogP contribution in [-0.4, -0.2) is 47.6 Å². The van der Waals surface area contributed by atoms with E-state index >= 15 is 0 Å². The van der Waals surface area contributed by atoms with Crippen LogP contribution in [0.2, 0.25) is 0 Å². The summed E-state index contributed by atoms with van der Waals surface area (Å²) in [5.41, 5.74) is 2.54. The van der Waals surface area contributed by atoms with Crippen LogP contribution in [0.1, 0.15) is 19.3 Å². The second-order valence-electron chi connectivity index (χ2n) is 7.45. The third kappa shape index (κ3) is 4.09. The Balaban J connectivity index is 1.59. The summed E-state index contributed by atoms with van der Waals surface area (Å²) in [6, 6.07) is 10.2. The molecule has 2 heterocycles. The zero-order valence-corrected chi connectivity index (χ0v) is 17.2. The van der Waals surface area contributed by atoms with Crippen molar-refractivity contribution in [2.45, 2.75) is 25.3 Å². The lowest BCUT2D eigenvalue weighted by molar-refractivity contribution is 0.256.